The van der Waals surface area contributed by atoms with Gasteiger partial charge in [0, 0.05) is 24.3 Å². The number of rotatable bonds is 4. The number of esters is 1. The van der Waals surface area contributed by atoms with Gasteiger partial charge in [0.15, 0.2) is 11.5 Å². The van der Waals surface area contributed by atoms with Crippen molar-refractivity contribution >= 4 is 22.7 Å². The molecule has 0 fully saturated rings. The normalized spacial score (nSPS) is 18.3. The number of anilines is 1. The molecule has 1 aromatic heterocycles. The number of ether oxygens (including phenoxy) is 3. The van der Waals surface area contributed by atoms with E-state index >= 15 is 0 Å². The highest BCUT2D eigenvalue weighted by Crippen LogP contribution is 2.42. The average molecular weight is 394 g/mol. The zero-order valence-electron chi connectivity index (χ0n) is 16.6. The van der Waals surface area contributed by atoms with Gasteiger partial charge in [0.25, 0.3) is 0 Å². The van der Waals surface area contributed by atoms with Crippen molar-refractivity contribution in [3.8, 4) is 11.5 Å². The standard InChI is InChI=1S/C21H22N4O4/c1-24-8-9-25-15-6-4-12(10-14(15)23-17(25)11-24)22-20-13-5-7-16(27-2)19(28-3)18(13)21(26)29-20/h4-7,10,20,22H,8-9,11H2,1-3H3/t20-/m0/s1. The lowest BCUT2D eigenvalue weighted by atomic mass is 10.1. The van der Waals surface area contributed by atoms with Crippen LogP contribution in [0.25, 0.3) is 11.0 Å². The van der Waals surface area contributed by atoms with Crippen LogP contribution in [-0.2, 0) is 17.8 Å². The minimum Gasteiger partial charge on any atom is -0.493 e. The SMILES string of the molecule is COc1ccc2c(c1OC)C(=O)O[C@@H]2Nc1ccc2c(c1)nc1n2CCN(C)C1. The molecule has 2 aliphatic rings. The van der Waals surface area contributed by atoms with E-state index in [4.69, 9.17) is 19.2 Å². The zero-order chi connectivity index (χ0) is 20.1. The Morgan fingerprint density at radius 2 is 2.03 bits per heavy atom. The minimum absolute atomic E-state index is 0.389. The topological polar surface area (TPSA) is 77.9 Å². The number of fused-ring (bicyclic) bond motifs is 4. The van der Waals surface area contributed by atoms with E-state index < -0.39 is 12.2 Å². The van der Waals surface area contributed by atoms with Crippen LogP contribution in [0.5, 0.6) is 11.5 Å². The summed E-state index contributed by atoms with van der Waals surface area (Å²) in [5.41, 5.74) is 4.00. The second-order valence-corrected chi connectivity index (χ2v) is 7.32. The molecule has 0 saturated carbocycles. The second kappa shape index (κ2) is 6.66. The van der Waals surface area contributed by atoms with Crippen molar-refractivity contribution in [1.29, 1.82) is 0 Å². The number of hydrogen-bond acceptors (Lipinski definition) is 7. The Morgan fingerprint density at radius 1 is 1.17 bits per heavy atom. The number of carbonyl (C=O) groups excluding carboxylic acids is 1. The van der Waals surface area contributed by atoms with Gasteiger partial charge in [-0.25, -0.2) is 9.78 Å². The Labute approximate surface area is 168 Å². The van der Waals surface area contributed by atoms with E-state index in [1.807, 2.05) is 18.2 Å². The molecule has 0 unspecified atom stereocenters. The van der Waals surface area contributed by atoms with Gasteiger partial charge in [0.1, 0.15) is 11.4 Å². The van der Waals surface area contributed by atoms with Gasteiger partial charge < -0.3 is 24.1 Å². The summed E-state index contributed by atoms with van der Waals surface area (Å²) < 4.78 is 18.5. The Morgan fingerprint density at radius 3 is 2.83 bits per heavy atom. The van der Waals surface area contributed by atoms with Gasteiger partial charge in [-0.3, -0.25) is 4.90 Å². The first-order valence-corrected chi connectivity index (χ1v) is 9.49. The number of methoxy groups -OCH3 is 2. The van der Waals surface area contributed by atoms with Crippen LogP contribution in [0, 0.1) is 0 Å². The summed E-state index contributed by atoms with van der Waals surface area (Å²) in [6.45, 7) is 2.79. The van der Waals surface area contributed by atoms with E-state index in [2.05, 4.69) is 27.9 Å². The first kappa shape index (κ1) is 17.8. The molecule has 0 radical (unpaired) electrons. The van der Waals surface area contributed by atoms with Crippen molar-refractivity contribution < 1.29 is 19.0 Å². The number of nitrogens with one attached hydrogen (secondary N) is 1. The number of aromatic nitrogens is 2. The minimum atomic E-state index is -0.599. The Kier molecular flexibility index (Phi) is 4.09. The zero-order valence-corrected chi connectivity index (χ0v) is 16.6. The molecule has 2 aromatic carbocycles. The quantitative estimate of drug-likeness (QED) is 0.682. The number of imidazole rings is 1. The molecule has 150 valence electrons. The lowest BCUT2D eigenvalue weighted by Gasteiger charge is -2.23. The molecule has 5 rings (SSSR count). The number of nitrogens with zero attached hydrogens (tertiary/aromatic N) is 3. The van der Waals surface area contributed by atoms with Crippen LogP contribution in [0.1, 0.15) is 28.0 Å². The third-order valence-electron chi connectivity index (χ3n) is 5.53. The summed E-state index contributed by atoms with van der Waals surface area (Å²) in [7, 11) is 5.15. The molecule has 3 aromatic rings. The van der Waals surface area contributed by atoms with Crippen molar-refractivity contribution in [3.63, 3.8) is 0 Å². The van der Waals surface area contributed by atoms with E-state index in [0.29, 0.717) is 17.1 Å². The highest BCUT2D eigenvalue weighted by atomic mass is 16.6. The van der Waals surface area contributed by atoms with Crippen LogP contribution < -0.4 is 14.8 Å². The van der Waals surface area contributed by atoms with Crippen LogP contribution >= 0.6 is 0 Å². The predicted octanol–water partition coefficient (Wildman–Crippen LogP) is 2.78. The first-order valence-electron chi connectivity index (χ1n) is 9.49. The smallest absolute Gasteiger partial charge is 0.344 e. The molecule has 8 heteroatoms. The van der Waals surface area contributed by atoms with Gasteiger partial charge in [0.2, 0.25) is 6.23 Å². The van der Waals surface area contributed by atoms with E-state index in [-0.39, 0.29) is 0 Å². The summed E-state index contributed by atoms with van der Waals surface area (Å²) >= 11 is 0. The fourth-order valence-corrected chi connectivity index (χ4v) is 4.09. The number of hydrogen-bond donors (Lipinski definition) is 1. The molecule has 8 nitrogen and oxygen atoms in total. The predicted molar refractivity (Wildman–Crippen MR) is 107 cm³/mol. The van der Waals surface area contributed by atoms with Crippen LogP contribution in [0.3, 0.4) is 0 Å². The molecule has 2 aliphatic heterocycles. The number of carbonyl (C=O) groups is 1. The maximum atomic E-state index is 12.5. The summed E-state index contributed by atoms with van der Waals surface area (Å²) in [5, 5.41) is 3.30. The molecule has 0 amide bonds. The molecule has 29 heavy (non-hydrogen) atoms. The molecular formula is C21H22N4O4. The molecule has 1 atom stereocenters. The Bertz CT molecular complexity index is 1120. The summed E-state index contributed by atoms with van der Waals surface area (Å²) in [6.07, 6.45) is -0.599. The molecule has 3 heterocycles. The van der Waals surface area contributed by atoms with E-state index in [9.17, 15) is 4.79 Å². The first-order chi connectivity index (χ1) is 14.1. The van der Waals surface area contributed by atoms with Gasteiger partial charge in [-0.1, -0.05) is 0 Å². The van der Waals surface area contributed by atoms with Crippen molar-refractivity contribution in [2.24, 2.45) is 0 Å². The Balaban J connectivity index is 1.47. The van der Waals surface area contributed by atoms with Crippen LogP contribution in [0.15, 0.2) is 30.3 Å². The Hall–Kier alpha value is -3.26. The maximum absolute atomic E-state index is 12.5. The molecule has 0 saturated heterocycles. The molecule has 0 bridgehead atoms. The van der Waals surface area contributed by atoms with Gasteiger partial charge in [-0.05, 0) is 37.4 Å². The monoisotopic (exact) mass is 394 g/mol. The van der Waals surface area contributed by atoms with E-state index in [1.165, 1.54) is 14.2 Å². The van der Waals surface area contributed by atoms with Gasteiger partial charge in [-0.15, -0.1) is 0 Å². The third-order valence-corrected chi connectivity index (χ3v) is 5.53. The van der Waals surface area contributed by atoms with Gasteiger partial charge >= 0.3 is 5.97 Å². The highest BCUT2D eigenvalue weighted by Gasteiger charge is 2.36. The van der Waals surface area contributed by atoms with Crippen molar-refractivity contribution in [2.45, 2.75) is 19.3 Å². The summed E-state index contributed by atoms with van der Waals surface area (Å²) in [4.78, 5) is 19.5. The fourth-order valence-electron chi connectivity index (χ4n) is 4.09. The largest absolute Gasteiger partial charge is 0.493 e. The molecular weight excluding hydrogens is 372 g/mol. The lowest BCUT2D eigenvalue weighted by molar-refractivity contribution is 0.0435. The second-order valence-electron chi connectivity index (χ2n) is 7.32. The summed E-state index contributed by atoms with van der Waals surface area (Å²) in [5.74, 6) is 1.52. The van der Waals surface area contributed by atoms with Gasteiger partial charge in [-0.2, -0.15) is 0 Å². The van der Waals surface area contributed by atoms with Crippen molar-refractivity contribution in [2.75, 3.05) is 33.1 Å². The highest BCUT2D eigenvalue weighted by molar-refractivity contribution is 5.98. The van der Waals surface area contributed by atoms with Crippen molar-refractivity contribution in [3.05, 3.63) is 47.3 Å². The number of benzene rings is 2. The van der Waals surface area contributed by atoms with E-state index in [1.54, 1.807) is 6.07 Å². The number of likely N-dealkylation sites (N-methyl/N-ethyl adjacent to an activating group) is 1. The number of cyclic esters (lactones) is 1. The maximum Gasteiger partial charge on any atom is 0.344 e. The van der Waals surface area contributed by atoms with Gasteiger partial charge in [0.05, 0.1) is 31.8 Å². The van der Waals surface area contributed by atoms with Crippen LogP contribution in [0.4, 0.5) is 5.69 Å². The fraction of sp³-hybridized carbons (Fsp3) is 0.333. The molecule has 1 N–H and O–H groups in total. The van der Waals surface area contributed by atoms with Crippen LogP contribution in [-0.4, -0.2) is 48.2 Å². The third kappa shape index (κ3) is 2.79. The average Bonchev–Trinajstić information content (AvgIpc) is 3.23. The lowest BCUT2D eigenvalue weighted by Crippen LogP contribution is -2.30. The molecule has 0 aliphatic carbocycles. The van der Waals surface area contributed by atoms with Crippen LogP contribution in [0.2, 0.25) is 0 Å². The van der Waals surface area contributed by atoms with E-state index in [0.717, 1.165) is 47.7 Å². The van der Waals surface area contributed by atoms with Crippen molar-refractivity contribution in [1.82, 2.24) is 14.5 Å². The molecule has 0 spiro atoms. The summed E-state index contributed by atoms with van der Waals surface area (Å²) in [6, 6.07) is 9.64.